The molecule has 1 saturated heterocycles. The molecule has 162 valence electrons. The molecule has 1 aromatic carbocycles. The van der Waals surface area contributed by atoms with E-state index in [1.54, 1.807) is 0 Å². The molecule has 3 atom stereocenters. The SMILES string of the molecule is CN1C(=O)N[C@H](c2ccccc2C(F)(F)F)[C@H](C(=O)c2cccs2)[C@@]1(O)C(F)(F)F. The third kappa shape index (κ3) is 3.43. The molecule has 5 nitrogen and oxygen atoms in total. The molecule has 30 heavy (non-hydrogen) atoms. The molecule has 0 spiro atoms. The summed E-state index contributed by atoms with van der Waals surface area (Å²) in [6.07, 6.45) is -10.5. The van der Waals surface area contributed by atoms with Crippen LogP contribution < -0.4 is 5.32 Å². The number of alkyl halides is 6. The zero-order valence-corrected chi connectivity index (χ0v) is 15.9. The fraction of sp³-hybridized carbons (Fsp3) is 0.333. The highest BCUT2D eigenvalue weighted by atomic mass is 32.1. The zero-order valence-electron chi connectivity index (χ0n) is 15.1. The molecule has 2 N–H and O–H groups in total. The zero-order chi connectivity index (χ0) is 22.5. The van der Waals surface area contributed by atoms with E-state index < -0.39 is 53.0 Å². The Hall–Kier alpha value is -2.60. The highest BCUT2D eigenvalue weighted by Gasteiger charge is 2.69. The number of halogens is 6. The van der Waals surface area contributed by atoms with Gasteiger partial charge in [0.05, 0.1) is 16.5 Å². The Balaban J connectivity index is 2.28. The predicted octanol–water partition coefficient (Wildman–Crippen LogP) is 4.21. The highest BCUT2D eigenvalue weighted by molar-refractivity contribution is 7.12. The monoisotopic (exact) mass is 452 g/mol. The molecule has 3 rings (SSSR count). The maximum atomic E-state index is 14.0. The quantitative estimate of drug-likeness (QED) is 0.542. The average Bonchev–Trinajstić information content (AvgIpc) is 3.18. The van der Waals surface area contributed by atoms with Crippen LogP contribution in [0.1, 0.15) is 26.8 Å². The van der Waals surface area contributed by atoms with Crippen LogP contribution in [-0.4, -0.2) is 40.8 Å². The fourth-order valence-electron chi connectivity index (χ4n) is 3.47. The second-order valence-electron chi connectivity index (χ2n) is 6.61. The van der Waals surface area contributed by atoms with E-state index in [0.29, 0.717) is 13.1 Å². The fourth-order valence-corrected chi connectivity index (χ4v) is 4.17. The summed E-state index contributed by atoms with van der Waals surface area (Å²) in [7, 11) is 0.614. The van der Waals surface area contributed by atoms with Crippen LogP contribution in [0, 0.1) is 5.92 Å². The summed E-state index contributed by atoms with van der Waals surface area (Å²) < 4.78 is 82.5. The summed E-state index contributed by atoms with van der Waals surface area (Å²) in [6, 6.07) is 2.63. The number of urea groups is 1. The van der Waals surface area contributed by atoms with E-state index >= 15 is 0 Å². The maximum Gasteiger partial charge on any atom is 0.437 e. The Labute approximate surface area is 169 Å². The van der Waals surface area contributed by atoms with Gasteiger partial charge in [0.15, 0.2) is 5.78 Å². The summed E-state index contributed by atoms with van der Waals surface area (Å²) in [5.74, 6) is -3.75. The number of nitrogens with one attached hydrogen (secondary N) is 1. The van der Waals surface area contributed by atoms with Crippen LogP contribution in [-0.2, 0) is 6.18 Å². The summed E-state index contributed by atoms with van der Waals surface area (Å²) in [4.78, 5) is 24.9. The second kappa shape index (κ2) is 7.27. The number of aliphatic hydroxyl groups is 1. The van der Waals surface area contributed by atoms with Crippen molar-refractivity contribution < 1.29 is 41.0 Å². The molecule has 2 heterocycles. The van der Waals surface area contributed by atoms with Gasteiger partial charge in [-0.25, -0.2) is 4.79 Å². The minimum absolute atomic E-state index is 0.115. The smallest absolute Gasteiger partial charge is 0.363 e. The molecular formula is C18H14F6N2O3S. The van der Waals surface area contributed by atoms with Crippen LogP contribution in [0.5, 0.6) is 0 Å². The van der Waals surface area contributed by atoms with Crippen LogP contribution in [0.4, 0.5) is 31.1 Å². The number of carbonyl (C=O) groups is 2. The summed E-state index contributed by atoms with van der Waals surface area (Å²) >= 11 is 0.764. The van der Waals surface area contributed by atoms with Crippen molar-refractivity contribution in [3.8, 4) is 0 Å². The Morgan fingerprint density at radius 2 is 1.77 bits per heavy atom. The molecular weight excluding hydrogens is 438 g/mol. The molecule has 2 amide bonds. The van der Waals surface area contributed by atoms with E-state index in [4.69, 9.17) is 0 Å². The number of carbonyl (C=O) groups excluding carboxylic acids is 2. The van der Waals surface area contributed by atoms with Crippen LogP contribution in [0.25, 0.3) is 0 Å². The van der Waals surface area contributed by atoms with Gasteiger partial charge < -0.3 is 10.4 Å². The highest BCUT2D eigenvalue weighted by Crippen LogP contribution is 2.49. The molecule has 1 fully saturated rings. The third-order valence-corrected chi connectivity index (χ3v) is 5.81. The van der Waals surface area contributed by atoms with E-state index in [9.17, 15) is 41.0 Å². The third-order valence-electron chi connectivity index (χ3n) is 4.93. The van der Waals surface area contributed by atoms with Gasteiger partial charge in [-0.2, -0.15) is 26.3 Å². The lowest BCUT2D eigenvalue weighted by molar-refractivity contribution is -0.322. The summed E-state index contributed by atoms with van der Waals surface area (Å²) in [5.41, 5.74) is -6.13. The molecule has 0 unspecified atom stereocenters. The number of thiophene rings is 1. The lowest BCUT2D eigenvalue weighted by Crippen LogP contribution is -2.73. The van der Waals surface area contributed by atoms with Crippen molar-refractivity contribution in [2.75, 3.05) is 7.05 Å². The van der Waals surface area contributed by atoms with Crippen LogP contribution in [0.15, 0.2) is 41.8 Å². The Morgan fingerprint density at radius 3 is 2.30 bits per heavy atom. The van der Waals surface area contributed by atoms with Gasteiger partial charge in [0, 0.05) is 7.05 Å². The van der Waals surface area contributed by atoms with Gasteiger partial charge in [0.1, 0.15) is 5.92 Å². The van der Waals surface area contributed by atoms with E-state index in [-0.39, 0.29) is 9.78 Å². The number of rotatable bonds is 3. The van der Waals surface area contributed by atoms with E-state index in [2.05, 4.69) is 0 Å². The van der Waals surface area contributed by atoms with E-state index in [1.807, 2.05) is 5.32 Å². The maximum absolute atomic E-state index is 14.0. The molecule has 0 saturated carbocycles. The van der Waals surface area contributed by atoms with Crippen molar-refractivity contribution in [1.82, 2.24) is 10.2 Å². The Kier molecular flexibility index (Phi) is 5.35. The molecule has 0 radical (unpaired) electrons. The lowest BCUT2D eigenvalue weighted by atomic mass is 9.76. The molecule has 12 heteroatoms. The molecule has 1 aliphatic rings. The average molecular weight is 452 g/mol. The van der Waals surface area contributed by atoms with Crippen LogP contribution >= 0.6 is 11.3 Å². The molecule has 0 bridgehead atoms. The van der Waals surface area contributed by atoms with Gasteiger partial charge in [-0.1, -0.05) is 24.3 Å². The number of benzene rings is 1. The summed E-state index contributed by atoms with van der Waals surface area (Å²) in [6.45, 7) is 0. The van der Waals surface area contributed by atoms with Crippen molar-refractivity contribution >= 4 is 23.2 Å². The number of hydrogen-bond donors (Lipinski definition) is 2. The number of ketones is 1. The minimum Gasteiger partial charge on any atom is -0.363 e. The van der Waals surface area contributed by atoms with Gasteiger partial charge >= 0.3 is 18.4 Å². The van der Waals surface area contributed by atoms with Crippen molar-refractivity contribution in [2.24, 2.45) is 5.92 Å². The van der Waals surface area contributed by atoms with Crippen LogP contribution in [0.3, 0.4) is 0 Å². The Morgan fingerprint density at radius 1 is 1.13 bits per heavy atom. The van der Waals surface area contributed by atoms with Gasteiger partial charge in [-0.15, -0.1) is 11.3 Å². The van der Waals surface area contributed by atoms with E-state index in [0.717, 1.165) is 29.5 Å². The van der Waals surface area contributed by atoms with Gasteiger partial charge in [-0.05, 0) is 23.1 Å². The van der Waals surface area contributed by atoms with Gasteiger partial charge in [0.2, 0.25) is 0 Å². The van der Waals surface area contributed by atoms with Gasteiger partial charge in [0.25, 0.3) is 5.72 Å². The lowest BCUT2D eigenvalue weighted by Gasteiger charge is -2.50. The van der Waals surface area contributed by atoms with E-state index in [1.165, 1.54) is 17.5 Å². The summed E-state index contributed by atoms with van der Waals surface area (Å²) in [5, 5.41) is 14.1. The number of amides is 2. The van der Waals surface area contributed by atoms with Crippen molar-refractivity contribution in [3.05, 3.63) is 57.8 Å². The predicted molar refractivity (Wildman–Crippen MR) is 93.6 cm³/mol. The Bertz CT molecular complexity index is 960. The first-order valence-corrected chi connectivity index (χ1v) is 9.25. The van der Waals surface area contributed by atoms with Gasteiger partial charge in [-0.3, -0.25) is 9.69 Å². The first-order valence-electron chi connectivity index (χ1n) is 8.37. The first-order chi connectivity index (χ1) is 13.8. The number of nitrogens with zero attached hydrogens (tertiary/aromatic N) is 1. The molecule has 2 aromatic rings. The standard InChI is InChI=1S/C18H14F6N2O3S/c1-26-15(28)25-13(9-5-2-3-6-10(9)17(19,20)21)12(16(26,29)18(22,23)24)14(27)11-7-4-8-30-11/h2-8,12-13,29H,1H3,(H,25,28)/t12-,13-,16-/m1/s1. The van der Waals surface area contributed by atoms with Crippen molar-refractivity contribution in [2.45, 2.75) is 24.1 Å². The molecule has 1 aliphatic heterocycles. The topological polar surface area (TPSA) is 69.6 Å². The number of Topliss-reactive ketones (excluding diaryl/α,β-unsaturated/α-hetero) is 1. The van der Waals surface area contributed by atoms with Crippen LogP contribution in [0.2, 0.25) is 0 Å². The molecule has 1 aromatic heterocycles. The van der Waals surface area contributed by atoms with Crippen molar-refractivity contribution in [3.63, 3.8) is 0 Å². The largest absolute Gasteiger partial charge is 0.437 e. The number of hydrogen-bond acceptors (Lipinski definition) is 4. The second-order valence-corrected chi connectivity index (χ2v) is 7.56. The van der Waals surface area contributed by atoms with Crippen molar-refractivity contribution in [1.29, 1.82) is 0 Å². The first kappa shape index (κ1) is 22.1. The molecule has 0 aliphatic carbocycles. The minimum atomic E-state index is -5.54. The normalized spacial score (nSPS) is 25.2.